The maximum absolute atomic E-state index is 12.1. The molecular formula is C17H22N2O2S. The zero-order valence-electron chi connectivity index (χ0n) is 13.1. The normalized spacial score (nSPS) is 11.6. The standard InChI is InChI=1S/C17H22N2O2S/c1-3-5-8-16-18-12-14(19-16)10-13(17(20)21-4-2)11-15-7-6-9-22-15/h6-7,9-10,12H,3-5,8,11H2,1-2H3,(H,18,19)/b13-10+. The zero-order valence-corrected chi connectivity index (χ0v) is 13.9. The number of nitrogens with zero attached hydrogens (tertiary/aromatic N) is 1. The van der Waals surface area contributed by atoms with Gasteiger partial charge in [0.15, 0.2) is 0 Å². The molecule has 0 bridgehead atoms. The van der Waals surface area contributed by atoms with Gasteiger partial charge in [-0.15, -0.1) is 11.3 Å². The molecule has 0 atom stereocenters. The number of nitrogens with one attached hydrogen (secondary N) is 1. The second kappa shape index (κ2) is 8.54. The number of carbonyl (C=O) groups excluding carboxylic acids is 1. The van der Waals surface area contributed by atoms with E-state index in [-0.39, 0.29) is 5.97 Å². The van der Waals surface area contributed by atoms with Crippen molar-refractivity contribution in [2.75, 3.05) is 6.61 Å². The predicted molar refractivity (Wildman–Crippen MR) is 89.8 cm³/mol. The number of rotatable bonds is 8. The monoisotopic (exact) mass is 318 g/mol. The Labute approximate surface area is 135 Å². The van der Waals surface area contributed by atoms with Crippen molar-refractivity contribution in [1.82, 2.24) is 9.97 Å². The summed E-state index contributed by atoms with van der Waals surface area (Å²) in [5, 5.41) is 2.01. The lowest BCUT2D eigenvalue weighted by Crippen LogP contribution is -2.09. The second-order valence-corrected chi connectivity index (χ2v) is 6.07. The van der Waals surface area contributed by atoms with Gasteiger partial charge < -0.3 is 9.72 Å². The molecule has 1 N–H and O–H groups in total. The van der Waals surface area contributed by atoms with E-state index in [4.69, 9.17) is 4.74 Å². The van der Waals surface area contributed by atoms with Crippen LogP contribution in [0.2, 0.25) is 0 Å². The van der Waals surface area contributed by atoms with Crippen LogP contribution in [0.25, 0.3) is 6.08 Å². The van der Waals surface area contributed by atoms with E-state index in [0.717, 1.165) is 35.7 Å². The Hall–Kier alpha value is -1.88. The van der Waals surface area contributed by atoms with E-state index < -0.39 is 0 Å². The average Bonchev–Trinajstić information content (AvgIpc) is 3.16. The van der Waals surface area contributed by atoms with Gasteiger partial charge in [0.1, 0.15) is 5.82 Å². The summed E-state index contributed by atoms with van der Waals surface area (Å²) in [6.07, 6.45) is 7.39. The Morgan fingerprint density at radius 3 is 3.00 bits per heavy atom. The number of esters is 1. The zero-order chi connectivity index (χ0) is 15.8. The highest BCUT2D eigenvalue weighted by Gasteiger charge is 2.13. The Kier molecular flexibility index (Phi) is 6.40. The summed E-state index contributed by atoms with van der Waals surface area (Å²) in [5.74, 6) is 0.702. The third-order valence-corrected chi connectivity index (χ3v) is 4.10. The van der Waals surface area contributed by atoms with Gasteiger partial charge in [0.2, 0.25) is 0 Å². The van der Waals surface area contributed by atoms with Crippen LogP contribution in [0.5, 0.6) is 0 Å². The Balaban J connectivity index is 2.15. The molecule has 2 aromatic heterocycles. The van der Waals surface area contributed by atoms with Crippen molar-refractivity contribution < 1.29 is 9.53 Å². The van der Waals surface area contributed by atoms with E-state index in [0.29, 0.717) is 18.6 Å². The van der Waals surface area contributed by atoms with Crippen molar-refractivity contribution in [2.24, 2.45) is 0 Å². The Morgan fingerprint density at radius 2 is 2.32 bits per heavy atom. The van der Waals surface area contributed by atoms with Gasteiger partial charge in [0.25, 0.3) is 0 Å². The van der Waals surface area contributed by atoms with Crippen LogP contribution >= 0.6 is 11.3 Å². The van der Waals surface area contributed by atoms with Crippen molar-refractivity contribution in [3.05, 3.63) is 45.7 Å². The lowest BCUT2D eigenvalue weighted by atomic mass is 10.1. The van der Waals surface area contributed by atoms with Gasteiger partial charge in [-0.1, -0.05) is 19.4 Å². The lowest BCUT2D eigenvalue weighted by molar-refractivity contribution is -0.138. The first kappa shape index (κ1) is 16.5. The minimum atomic E-state index is -0.263. The summed E-state index contributed by atoms with van der Waals surface area (Å²) >= 11 is 1.64. The second-order valence-electron chi connectivity index (χ2n) is 5.03. The maximum atomic E-state index is 12.1. The van der Waals surface area contributed by atoms with Gasteiger partial charge >= 0.3 is 5.97 Å². The first-order valence-corrected chi connectivity index (χ1v) is 8.54. The topological polar surface area (TPSA) is 55.0 Å². The fourth-order valence-corrected chi connectivity index (χ4v) is 2.85. The molecule has 0 amide bonds. The molecule has 0 aliphatic heterocycles. The number of unbranched alkanes of at least 4 members (excludes halogenated alkanes) is 1. The minimum absolute atomic E-state index is 0.263. The highest BCUT2D eigenvalue weighted by molar-refractivity contribution is 7.09. The number of hydrogen-bond acceptors (Lipinski definition) is 4. The van der Waals surface area contributed by atoms with E-state index in [2.05, 4.69) is 16.9 Å². The number of aromatic amines is 1. The highest BCUT2D eigenvalue weighted by atomic mass is 32.1. The molecule has 0 fully saturated rings. The first-order chi connectivity index (χ1) is 10.7. The largest absolute Gasteiger partial charge is 0.463 e. The van der Waals surface area contributed by atoms with Crippen LogP contribution in [-0.2, 0) is 22.4 Å². The summed E-state index contributed by atoms with van der Waals surface area (Å²) < 4.78 is 5.16. The molecule has 22 heavy (non-hydrogen) atoms. The highest BCUT2D eigenvalue weighted by Crippen LogP contribution is 2.17. The molecule has 2 heterocycles. The third-order valence-electron chi connectivity index (χ3n) is 3.23. The number of thiophene rings is 1. The predicted octanol–water partition coefficient (Wildman–Crippen LogP) is 4.00. The van der Waals surface area contributed by atoms with Crippen molar-refractivity contribution in [3.63, 3.8) is 0 Å². The number of H-pyrrole nitrogens is 1. The molecule has 0 aliphatic rings. The SMILES string of the molecule is CCCCc1ncc(/C=C(\Cc2cccs2)C(=O)OCC)[nH]1. The fraction of sp³-hybridized carbons (Fsp3) is 0.412. The Bertz CT molecular complexity index is 614. The van der Waals surface area contributed by atoms with Gasteiger partial charge in [-0.05, 0) is 30.9 Å². The number of hydrogen-bond donors (Lipinski definition) is 1. The molecule has 0 aromatic carbocycles. The molecule has 2 rings (SSSR count). The van der Waals surface area contributed by atoms with E-state index in [1.165, 1.54) is 0 Å². The summed E-state index contributed by atoms with van der Waals surface area (Å²) in [5.41, 5.74) is 1.50. The molecule has 2 aromatic rings. The number of aromatic nitrogens is 2. The number of ether oxygens (including phenoxy) is 1. The van der Waals surface area contributed by atoms with Gasteiger partial charge in [0, 0.05) is 23.3 Å². The lowest BCUT2D eigenvalue weighted by Gasteiger charge is -2.05. The van der Waals surface area contributed by atoms with E-state index >= 15 is 0 Å². The van der Waals surface area contributed by atoms with Gasteiger partial charge in [-0.2, -0.15) is 0 Å². The fourth-order valence-electron chi connectivity index (χ4n) is 2.12. The van der Waals surface area contributed by atoms with Crippen molar-refractivity contribution >= 4 is 23.4 Å². The maximum Gasteiger partial charge on any atom is 0.334 e. The molecular weight excluding hydrogens is 296 g/mol. The van der Waals surface area contributed by atoms with Crippen LogP contribution < -0.4 is 0 Å². The van der Waals surface area contributed by atoms with Crippen molar-refractivity contribution in [1.29, 1.82) is 0 Å². The number of carbonyl (C=O) groups is 1. The van der Waals surface area contributed by atoms with Crippen molar-refractivity contribution in [2.45, 2.75) is 39.5 Å². The number of aryl methyl sites for hydroxylation is 1. The van der Waals surface area contributed by atoms with E-state index in [1.807, 2.05) is 30.5 Å². The van der Waals surface area contributed by atoms with Gasteiger partial charge in [-0.25, -0.2) is 9.78 Å². The van der Waals surface area contributed by atoms with Crippen LogP contribution in [-0.4, -0.2) is 22.5 Å². The summed E-state index contributed by atoms with van der Waals surface area (Å²) in [6.45, 7) is 4.36. The molecule has 118 valence electrons. The Morgan fingerprint density at radius 1 is 1.45 bits per heavy atom. The van der Waals surface area contributed by atoms with Crippen LogP contribution in [0.3, 0.4) is 0 Å². The van der Waals surface area contributed by atoms with E-state index in [9.17, 15) is 4.79 Å². The smallest absolute Gasteiger partial charge is 0.334 e. The van der Waals surface area contributed by atoms with Crippen LogP contribution in [0.4, 0.5) is 0 Å². The third kappa shape index (κ3) is 4.84. The van der Waals surface area contributed by atoms with E-state index in [1.54, 1.807) is 17.5 Å². The van der Waals surface area contributed by atoms with Gasteiger partial charge in [-0.3, -0.25) is 0 Å². The van der Waals surface area contributed by atoms with Crippen LogP contribution in [0.15, 0.2) is 29.3 Å². The van der Waals surface area contributed by atoms with Crippen LogP contribution in [0, 0.1) is 0 Å². The first-order valence-electron chi connectivity index (χ1n) is 7.66. The summed E-state index contributed by atoms with van der Waals surface area (Å²) in [6, 6.07) is 4.01. The quantitative estimate of drug-likeness (QED) is 0.591. The summed E-state index contributed by atoms with van der Waals surface area (Å²) in [7, 11) is 0. The molecule has 0 unspecified atom stereocenters. The molecule has 0 saturated carbocycles. The molecule has 0 saturated heterocycles. The summed E-state index contributed by atoms with van der Waals surface area (Å²) in [4.78, 5) is 20.9. The van der Waals surface area contributed by atoms with Crippen molar-refractivity contribution in [3.8, 4) is 0 Å². The van der Waals surface area contributed by atoms with Gasteiger partial charge in [0.05, 0.1) is 18.5 Å². The molecule has 0 spiro atoms. The number of imidazole rings is 1. The minimum Gasteiger partial charge on any atom is -0.463 e. The molecule has 0 radical (unpaired) electrons. The van der Waals surface area contributed by atoms with Crippen LogP contribution in [0.1, 0.15) is 43.1 Å². The molecule has 0 aliphatic carbocycles. The molecule has 5 heteroatoms. The molecule has 4 nitrogen and oxygen atoms in total. The average molecular weight is 318 g/mol.